The van der Waals surface area contributed by atoms with E-state index in [1.54, 1.807) is 0 Å². The van der Waals surface area contributed by atoms with E-state index in [1.807, 2.05) is 0 Å². The van der Waals surface area contributed by atoms with Crippen molar-refractivity contribution in [3.8, 4) is 0 Å². The Morgan fingerprint density at radius 3 is 2.26 bits per heavy atom. The van der Waals surface area contributed by atoms with Gasteiger partial charge in [0.25, 0.3) is 0 Å². The lowest BCUT2D eigenvalue weighted by molar-refractivity contribution is 0.0767. The van der Waals surface area contributed by atoms with Crippen molar-refractivity contribution in [2.75, 3.05) is 45.8 Å². The summed E-state index contributed by atoms with van der Waals surface area (Å²) in [6.45, 7) is 11.7. The first-order valence-corrected chi connectivity index (χ1v) is 8.50. The molecule has 0 radical (unpaired) electrons. The van der Waals surface area contributed by atoms with Gasteiger partial charge in [0.15, 0.2) is 0 Å². The molecule has 3 aliphatic heterocycles. The maximum atomic E-state index is 3.40. The molecular weight excluding hydrogens is 234 g/mol. The summed E-state index contributed by atoms with van der Waals surface area (Å²) < 4.78 is 0. The smallest absolute Gasteiger partial charge is 0.0120 e. The van der Waals surface area contributed by atoms with Gasteiger partial charge in [0.1, 0.15) is 0 Å². The first-order chi connectivity index (χ1) is 9.33. The lowest BCUT2D eigenvalue weighted by atomic mass is 9.88. The van der Waals surface area contributed by atoms with E-state index in [2.05, 4.69) is 22.0 Å². The Morgan fingerprint density at radius 1 is 1.00 bits per heavy atom. The van der Waals surface area contributed by atoms with Crippen LogP contribution >= 0.6 is 0 Å². The second-order valence-electron chi connectivity index (χ2n) is 7.02. The van der Waals surface area contributed by atoms with Crippen molar-refractivity contribution < 1.29 is 0 Å². The molecule has 3 rings (SSSR count). The molecule has 19 heavy (non-hydrogen) atoms. The topological polar surface area (TPSA) is 18.5 Å². The number of likely N-dealkylation sites (tertiary alicyclic amines) is 2. The molecule has 0 spiro atoms. The van der Waals surface area contributed by atoms with Crippen molar-refractivity contribution in [3.05, 3.63) is 0 Å². The van der Waals surface area contributed by atoms with Crippen LogP contribution in [0.2, 0.25) is 0 Å². The Kier molecular flexibility index (Phi) is 4.78. The van der Waals surface area contributed by atoms with Crippen LogP contribution in [-0.4, -0.2) is 61.7 Å². The van der Waals surface area contributed by atoms with Crippen LogP contribution in [0, 0.1) is 11.8 Å². The number of nitrogens with one attached hydrogen (secondary N) is 1. The average Bonchev–Trinajstić information content (AvgIpc) is 2.38. The summed E-state index contributed by atoms with van der Waals surface area (Å²) in [6, 6.07) is 0.900. The molecule has 0 saturated carbocycles. The number of nitrogens with zero attached hydrogens (tertiary/aromatic N) is 2. The van der Waals surface area contributed by atoms with Crippen LogP contribution in [0.4, 0.5) is 0 Å². The van der Waals surface area contributed by atoms with Gasteiger partial charge in [-0.25, -0.2) is 0 Å². The standard InChI is InChI=1S/C16H31N3/c1-14(15-11-17-12-15)13-18-9-5-16(6-10-18)19-7-3-2-4-8-19/h14-17H,2-13H2,1H3. The molecule has 0 aromatic rings. The molecule has 110 valence electrons. The summed E-state index contributed by atoms with van der Waals surface area (Å²) in [5, 5.41) is 3.40. The summed E-state index contributed by atoms with van der Waals surface area (Å²) in [7, 11) is 0. The first kappa shape index (κ1) is 13.8. The molecule has 3 nitrogen and oxygen atoms in total. The number of piperidine rings is 2. The van der Waals surface area contributed by atoms with E-state index < -0.39 is 0 Å². The minimum absolute atomic E-state index is 0.882. The molecule has 1 N–H and O–H groups in total. The van der Waals surface area contributed by atoms with Gasteiger partial charge in [-0.3, -0.25) is 0 Å². The van der Waals surface area contributed by atoms with Gasteiger partial charge in [-0.2, -0.15) is 0 Å². The Balaban J connectivity index is 1.38. The fraction of sp³-hybridized carbons (Fsp3) is 1.00. The van der Waals surface area contributed by atoms with Crippen LogP contribution in [0.5, 0.6) is 0 Å². The van der Waals surface area contributed by atoms with Crippen molar-refractivity contribution in [1.29, 1.82) is 0 Å². The second kappa shape index (κ2) is 6.55. The van der Waals surface area contributed by atoms with E-state index in [4.69, 9.17) is 0 Å². The van der Waals surface area contributed by atoms with E-state index in [-0.39, 0.29) is 0 Å². The monoisotopic (exact) mass is 265 g/mol. The molecular formula is C16H31N3. The van der Waals surface area contributed by atoms with Gasteiger partial charge in [0, 0.05) is 12.6 Å². The summed E-state index contributed by atoms with van der Waals surface area (Å²) in [6.07, 6.45) is 7.16. The predicted molar refractivity (Wildman–Crippen MR) is 80.4 cm³/mol. The van der Waals surface area contributed by atoms with Gasteiger partial charge in [0.05, 0.1) is 0 Å². The summed E-state index contributed by atoms with van der Waals surface area (Å²) >= 11 is 0. The predicted octanol–water partition coefficient (Wildman–Crippen LogP) is 1.79. The normalized spacial score (nSPS) is 30.2. The first-order valence-electron chi connectivity index (χ1n) is 8.50. The zero-order valence-corrected chi connectivity index (χ0v) is 12.6. The summed E-state index contributed by atoms with van der Waals surface area (Å²) in [5.41, 5.74) is 0. The van der Waals surface area contributed by atoms with E-state index in [9.17, 15) is 0 Å². The third-order valence-corrected chi connectivity index (χ3v) is 5.63. The molecule has 0 bridgehead atoms. The van der Waals surface area contributed by atoms with Gasteiger partial charge in [-0.15, -0.1) is 0 Å². The molecule has 3 aliphatic rings. The van der Waals surface area contributed by atoms with Gasteiger partial charge in [-0.05, 0) is 76.8 Å². The minimum atomic E-state index is 0.882. The van der Waals surface area contributed by atoms with Crippen molar-refractivity contribution in [1.82, 2.24) is 15.1 Å². The van der Waals surface area contributed by atoms with Crippen molar-refractivity contribution in [2.24, 2.45) is 11.8 Å². The largest absolute Gasteiger partial charge is 0.316 e. The Hall–Kier alpha value is -0.120. The van der Waals surface area contributed by atoms with Crippen LogP contribution < -0.4 is 5.32 Å². The molecule has 1 unspecified atom stereocenters. The minimum Gasteiger partial charge on any atom is -0.316 e. The second-order valence-corrected chi connectivity index (χ2v) is 7.02. The van der Waals surface area contributed by atoms with E-state index >= 15 is 0 Å². The molecule has 3 heterocycles. The highest BCUT2D eigenvalue weighted by Gasteiger charge is 2.29. The van der Waals surface area contributed by atoms with Crippen molar-refractivity contribution in [3.63, 3.8) is 0 Å². The highest BCUT2D eigenvalue weighted by Crippen LogP contribution is 2.23. The molecule has 0 aromatic heterocycles. The number of hydrogen-bond donors (Lipinski definition) is 1. The Morgan fingerprint density at radius 2 is 1.68 bits per heavy atom. The highest BCUT2D eigenvalue weighted by molar-refractivity contribution is 4.85. The molecule has 3 saturated heterocycles. The van der Waals surface area contributed by atoms with Gasteiger partial charge in [-0.1, -0.05) is 13.3 Å². The SMILES string of the molecule is CC(CN1CCC(N2CCCCC2)CC1)C1CNC1. The van der Waals surface area contributed by atoms with Gasteiger partial charge in [0.2, 0.25) is 0 Å². The lowest BCUT2D eigenvalue weighted by Crippen LogP contribution is -2.51. The number of hydrogen-bond acceptors (Lipinski definition) is 3. The maximum absolute atomic E-state index is 3.40. The Labute approximate surface area is 118 Å². The van der Waals surface area contributed by atoms with E-state index in [0.717, 1.165) is 17.9 Å². The molecule has 0 aliphatic carbocycles. The molecule has 3 fully saturated rings. The molecule has 0 aromatic carbocycles. The third-order valence-electron chi connectivity index (χ3n) is 5.63. The highest BCUT2D eigenvalue weighted by atomic mass is 15.2. The fourth-order valence-electron chi connectivity index (χ4n) is 4.02. The lowest BCUT2D eigenvalue weighted by Gasteiger charge is -2.42. The van der Waals surface area contributed by atoms with Gasteiger partial charge >= 0.3 is 0 Å². The summed E-state index contributed by atoms with van der Waals surface area (Å²) in [5.74, 6) is 1.83. The van der Waals surface area contributed by atoms with Crippen LogP contribution in [0.3, 0.4) is 0 Å². The van der Waals surface area contributed by atoms with Gasteiger partial charge < -0.3 is 15.1 Å². The third kappa shape index (κ3) is 3.50. The van der Waals surface area contributed by atoms with E-state index in [1.165, 1.54) is 77.9 Å². The Bertz CT molecular complexity index is 263. The van der Waals surface area contributed by atoms with Crippen LogP contribution in [0.25, 0.3) is 0 Å². The zero-order chi connectivity index (χ0) is 13.1. The van der Waals surface area contributed by atoms with Crippen molar-refractivity contribution in [2.45, 2.75) is 45.1 Å². The molecule has 3 heteroatoms. The van der Waals surface area contributed by atoms with Crippen molar-refractivity contribution >= 4 is 0 Å². The van der Waals surface area contributed by atoms with Crippen LogP contribution in [0.1, 0.15) is 39.0 Å². The fourth-order valence-corrected chi connectivity index (χ4v) is 4.02. The van der Waals surface area contributed by atoms with Crippen LogP contribution in [-0.2, 0) is 0 Å². The molecule has 1 atom stereocenters. The zero-order valence-electron chi connectivity index (χ0n) is 12.6. The maximum Gasteiger partial charge on any atom is 0.0120 e. The molecule has 0 amide bonds. The number of rotatable bonds is 4. The quantitative estimate of drug-likeness (QED) is 0.836. The van der Waals surface area contributed by atoms with Crippen LogP contribution in [0.15, 0.2) is 0 Å². The summed E-state index contributed by atoms with van der Waals surface area (Å²) in [4.78, 5) is 5.50. The van der Waals surface area contributed by atoms with E-state index in [0.29, 0.717) is 0 Å². The average molecular weight is 265 g/mol.